The fourth-order valence-corrected chi connectivity index (χ4v) is 21.4. The van der Waals surface area contributed by atoms with E-state index >= 15 is 9.59 Å². The molecule has 706 valence electrons. The maximum Gasteiger partial charge on any atom is 0.331 e. The van der Waals surface area contributed by atoms with Crippen molar-refractivity contribution in [3.05, 3.63) is 408 Å². The number of oxime groups is 4. The minimum atomic E-state index is -0.554. The topological polar surface area (TPSA) is 218 Å². The summed E-state index contributed by atoms with van der Waals surface area (Å²) in [7, 11) is 0. The minimum Gasteiger partial charge on any atom is -0.337 e. The Morgan fingerprint density at radius 3 is 0.681 bits per heavy atom. The number of fused-ring (bicyclic) bond motifs is 18. The number of benzene rings is 16. The first-order valence-corrected chi connectivity index (χ1v) is 49.0. The summed E-state index contributed by atoms with van der Waals surface area (Å²) in [4.78, 5) is 103. The molecule has 22 aromatic rings. The van der Waals surface area contributed by atoms with Gasteiger partial charge in [0.1, 0.15) is 0 Å². The highest BCUT2D eigenvalue weighted by Gasteiger charge is 2.27. The second-order valence-corrected chi connectivity index (χ2v) is 37.2. The van der Waals surface area contributed by atoms with E-state index in [0.717, 1.165) is 214 Å². The summed E-state index contributed by atoms with van der Waals surface area (Å²) >= 11 is 0. The summed E-state index contributed by atoms with van der Waals surface area (Å²) in [6.07, 6.45) is 6.68. The molecule has 2 atom stereocenters. The average Bonchev–Trinajstić information content (AvgIpc) is 1.59. The predicted octanol–water partition coefficient (Wildman–Crippen LogP) is 28.9. The molecule has 22 rings (SSSR count). The smallest absolute Gasteiger partial charge is 0.331 e. The monoisotopic (exact) mass is 1890 g/mol. The number of aromatic nitrogens is 6. The van der Waals surface area contributed by atoms with Gasteiger partial charge in [-0.25, -0.2) is 19.2 Å². The molecular weight excluding hydrogens is 1790 g/mol. The van der Waals surface area contributed by atoms with Gasteiger partial charge in [0.15, 0.2) is 11.6 Å². The first-order valence-electron chi connectivity index (χ1n) is 49.0. The Bertz CT molecular complexity index is 8320. The third kappa shape index (κ3) is 17.4. The lowest BCUT2D eigenvalue weighted by Crippen LogP contribution is -2.13. The van der Waals surface area contributed by atoms with Crippen LogP contribution in [0.25, 0.3) is 154 Å². The molecular formula is C124H100N10O10. The number of hydrogen-bond acceptors (Lipinski definition) is 14. The third-order valence-corrected chi connectivity index (χ3v) is 27.9. The molecule has 0 radical (unpaired) electrons. The zero-order valence-electron chi connectivity index (χ0n) is 80.4. The molecule has 0 N–H and O–H groups in total. The van der Waals surface area contributed by atoms with E-state index in [9.17, 15) is 19.2 Å². The van der Waals surface area contributed by atoms with Gasteiger partial charge in [-0.05, 0) is 233 Å². The number of hydrogen-bond donors (Lipinski definition) is 0. The summed E-state index contributed by atoms with van der Waals surface area (Å²) in [6.45, 7) is 9.68. The normalized spacial score (nSPS) is 12.8. The molecule has 20 nitrogen and oxygen atoms in total. The van der Waals surface area contributed by atoms with Gasteiger partial charge in [-0.1, -0.05) is 228 Å². The van der Waals surface area contributed by atoms with E-state index in [1.807, 2.05) is 194 Å². The van der Waals surface area contributed by atoms with Crippen LogP contribution >= 0.6 is 0 Å². The first-order chi connectivity index (χ1) is 70.4. The van der Waals surface area contributed by atoms with Crippen molar-refractivity contribution in [1.29, 1.82) is 0 Å². The van der Waals surface area contributed by atoms with Gasteiger partial charge in [0.25, 0.3) is 0 Å². The molecule has 6 aromatic heterocycles. The SMILES string of the molecule is CC(=O)ON=C(CCCCCCCCC(=NOC(C)=O)c1ccc2c(c1)c1cc(C(=O)c3ccc(-n4c5ccccc5c5ccccc54)cc3)ccc1n2-c1ccc(C(CC(C)n2c3ccccc3c3ccccc32)=NOC(C)=O)cc1)c1ccc2c(c1)c1cc(C(=O)c3ccc(-n4c5ccccc5c5ccccc54)cc3)ccc1n2-c1ccc(C(CC(C)n2c3ccccc3c3ccccc32)=NOC(C)=O)cc1. The van der Waals surface area contributed by atoms with Crippen LogP contribution in [0.1, 0.15) is 172 Å². The minimum absolute atomic E-state index is 0.106. The lowest BCUT2D eigenvalue weighted by Gasteiger charge is -2.18. The molecule has 0 amide bonds. The van der Waals surface area contributed by atoms with Crippen LogP contribution in [-0.4, -0.2) is 85.7 Å². The molecule has 20 heteroatoms. The average molecular weight is 1890 g/mol. The van der Waals surface area contributed by atoms with E-state index < -0.39 is 23.9 Å². The van der Waals surface area contributed by atoms with Gasteiger partial charge in [0, 0.05) is 195 Å². The van der Waals surface area contributed by atoms with Gasteiger partial charge in [-0.3, -0.25) is 9.59 Å². The van der Waals surface area contributed by atoms with E-state index in [0.29, 0.717) is 70.8 Å². The van der Waals surface area contributed by atoms with Crippen LogP contribution in [0, 0.1) is 0 Å². The van der Waals surface area contributed by atoms with Gasteiger partial charge in [-0.2, -0.15) is 0 Å². The zero-order chi connectivity index (χ0) is 98.3. The molecule has 0 saturated carbocycles. The number of ketones is 2. The molecule has 0 aliphatic heterocycles. The van der Waals surface area contributed by atoms with Crippen LogP contribution < -0.4 is 0 Å². The number of carbonyl (C=O) groups is 6. The third-order valence-electron chi connectivity index (χ3n) is 27.9. The highest BCUT2D eigenvalue weighted by atomic mass is 16.7. The van der Waals surface area contributed by atoms with Crippen molar-refractivity contribution in [3.8, 4) is 22.7 Å². The second kappa shape index (κ2) is 39.1. The van der Waals surface area contributed by atoms with Gasteiger partial charge < -0.3 is 46.8 Å². The van der Waals surface area contributed by atoms with Gasteiger partial charge in [0.2, 0.25) is 0 Å². The zero-order valence-corrected chi connectivity index (χ0v) is 80.4. The summed E-state index contributed by atoms with van der Waals surface area (Å²) in [6, 6.07) is 123. The standard InChI is InChI=1S/C124H100N10O10/c1-77(129-111-39-21-13-29-95(111)96-30-14-22-40-112(96)129)71-109(127-143-81(5)137)83-47-59-91(60-48-83)133-119-67-55-87(73-103(119)105-75-89(57-69-121(105)133)123(139)85-51-63-93(64-52-85)131-115-43-25-17-33-99(115)100-34-18-26-44-116(100)131)107(125-141-79(3)135)37-11-9-7-8-10-12-38-108(126-142-80(4)136)88-56-68-120-104(74-88)106-76-90(124(140)86-53-65-94(66-54-86)132-117-45-27-19-35-101(117)102-36-20-28-46-118(102)132)58-70-122(106)134(120)92-61-49-84(50-62-92)110(128-144-82(6)138)72-78(2)130-113-41-23-15-31-97(113)98-32-16-24-42-114(98)130/h13-36,39-70,73-78H,7-12,37-38,71-72H2,1-6H3. The first kappa shape index (κ1) is 91.3. The van der Waals surface area contributed by atoms with Gasteiger partial charge in [0.05, 0.1) is 67.0 Å². The molecule has 2 unspecified atom stereocenters. The quantitative estimate of drug-likeness (QED) is 0.0132. The summed E-state index contributed by atoms with van der Waals surface area (Å²) in [5.41, 5.74) is 23.0. The fourth-order valence-electron chi connectivity index (χ4n) is 21.4. The van der Waals surface area contributed by atoms with Crippen molar-refractivity contribution in [1.82, 2.24) is 27.4 Å². The van der Waals surface area contributed by atoms with E-state index in [1.54, 1.807) is 0 Å². The molecule has 0 spiro atoms. The van der Waals surface area contributed by atoms with Gasteiger partial charge >= 0.3 is 23.9 Å². The van der Waals surface area contributed by atoms with Crippen LogP contribution in [-0.2, 0) is 38.5 Å². The highest BCUT2D eigenvalue weighted by Crippen LogP contribution is 2.43. The second-order valence-electron chi connectivity index (χ2n) is 37.2. The fraction of sp³-hybridized carbons (Fsp3) is 0.145. The Labute approximate surface area is 829 Å². The van der Waals surface area contributed by atoms with Crippen LogP contribution in [0.4, 0.5) is 0 Å². The largest absolute Gasteiger partial charge is 0.337 e. The van der Waals surface area contributed by atoms with E-state index in [4.69, 9.17) is 19.4 Å². The van der Waals surface area contributed by atoms with Crippen molar-refractivity contribution in [2.45, 2.75) is 118 Å². The molecule has 6 heterocycles. The number of para-hydroxylation sites is 8. The number of unbranched alkanes of at least 4 members (excludes halogenated alkanes) is 5. The van der Waals surface area contributed by atoms with Crippen molar-refractivity contribution < 1.29 is 48.1 Å². The summed E-state index contributed by atoms with van der Waals surface area (Å²) in [5.74, 6) is -2.45. The Kier molecular flexibility index (Phi) is 24.8. The number of rotatable bonds is 31. The van der Waals surface area contributed by atoms with Crippen molar-refractivity contribution >= 4 is 189 Å². The van der Waals surface area contributed by atoms with E-state index in [-0.39, 0.29) is 23.7 Å². The molecule has 0 saturated heterocycles. The summed E-state index contributed by atoms with van der Waals surface area (Å²) < 4.78 is 13.5. The Hall–Kier alpha value is -17.8. The number of carbonyl (C=O) groups excluding carboxylic acids is 6. The number of nitrogens with zero attached hydrogens (tertiary/aromatic N) is 10. The molecule has 0 fully saturated rings. The van der Waals surface area contributed by atoms with Crippen molar-refractivity contribution in [2.24, 2.45) is 20.6 Å². The Balaban J connectivity index is 0.536. The molecule has 16 aromatic carbocycles. The maximum atomic E-state index is 15.1. The van der Waals surface area contributed by atoms with Crippen LogP contribution in [0.5, 0.6) is 0 Å². The highest BCUT2D eigenvalue weighted by molar-refractivity contribution is 6.21. The maximum absolute atomic E-state index is 15.1. The molecule has 0 aliphatic carbocycles. The van der Waals surface area contributed by atoms with Crippen molar-refractivity contribution in [2.75, 3.05) is 0 Å². The Morgan fingerprint density at radius 1 is 0.215 bits per heavy atom. The lowest BCUT2D eigenvalue weighted by molar-refractivity contribution is -0.141. The van der Waals surface area contributed by atoms with Crippen LogP contribution in [0.2, 0.25) is 0 Å². The lowest BCUT2D eigenvalue weighted by atomic mass is 9.98. The molecule has 0 aliphatic rings. The molecule has 0 bridgehead atoms. The van der Waals surface area contributed by atoms with Crippen LogP contribution in [0.3, 0.4) is 0 Å². The van der Waals surface area contributed by atoms with E-state index in [1.165, 1.54) is 27.7 Å². The van der Waals surface area contributed by atoms with E-state index in [2.05, 4.69) is 232 Å². The Morgan fingerprint density at radius 2 is 0.417 bits per heavy atom. The van der Waals surface area contributed by atoms with Crippen LogP contribution in [0.15, 0.2) is 385 Å². The summed E-state index contributed by atoms with van der Waals surface area (Å²) in [5, 5.41) is 30.6. The van der Waals surface area contributed by atoms with Crippen molar-refractivity contribution in [3.63, 3.8) is 0 Å². The molecule has 144 heavy (non-hydrogen) atoms. The predicted molar refractivity (Wildman–Crippen MR) is 578 cm³/mol. The van der Waals surface area contributed by atoms with Gasteiger partial charge in [-0.15, -0.1) is 0 Å².